The number of benzene rings is 1. The average Bonchev–Trinajstić information content (AvgIpc) is 2.76. The summed E-state index contributed by atoms with van der Waals surface area (Å²) >= 11 is 0. The number of hydrogen-bond acceptors (Lipinski definition) is 8. The Balaban J connectivity index is 3.48. The summed E-state index contributed by atoms with van der Waals surface area (Å²) in [4.78, 5) is 52.0. The van der Waals surface area contributed by atoms with E-state index in [1.165, 1.54) is 6.07 Å². The van der Waals surface area contributed by atoms with Crippen LogP contribution in [0.15, 0.2) is 18.2 Å². The van der Waals surface area contributed by atoms with Gasteiger partial charge < -0.3 is 35.2 Å². The zero-order chi connectivity index (χ0) is 26.9. The molecule has 4 N–H and O–H groups in total. The van der Waals surface area contributed by atoms with Gasteiger partial charge in [-0.1, -0.05) is 32.0 Å². The Hall–Kier alpha value is -3.34. The summed E-state index contributed by atoms with van der Waals surface area (Å²) in [5.74, 6) is -2.81. The summed E-state index contributed by atoms with van der Waals surface area (Å²) in [6, 6.07) is 2.17. The number of methoxy groups -OCH3 is 1. The fraction of sp³-hybridized carbons (Fsp3) is 0.583. The Kier molecular flexibility index (Phi) is 11.0. The zero-order valence-corrected chi connectivity index (χ0v) is 21.4. The first-order chi connectivity index (χ1) is 16.2. The number of amides is 3. The number of rotatable bonds is 10. The second-order valence-corrected chi connectivity index (χ2v) is 9.33. The van der Waals surface area contributed by atoms with Crippen LogP contribution >= 0.6 is 0 Å². The molecule has 11 heteroatoms. The van der Waals surface area contributed by atoms with Crippen molar-refractivity contribution in [2.75, 3.05) is 26.8 Å². The fourth-order valence-electron chi connectivity index (χ4n) is 3.28. The van der Waals surface area contributed by atoms with E-state index in [0.717, 1.165) is 12.0 Å². The molecular weight excluding hydrogens is 458 g/mol. The third-order valence-corrected chi connectivity index (χ3v) is 4.99. The van der Waals surface area contributed by atoms with Crippen LogP contribution in [0.4, 0.5) is 4.79 Å². The quantitative estimate of drug-likeness (QED) is 0.355. The smallest absolute Gasteiger partial charge is 0.408 e. The van der Waals surface area contributed by atoms with Crippen molar-refractivity contribution in [1.29, 1.82) is 0 Å². The lowest BCUT2D eigenvalue weighted by Crippen LogP contribution is -2.55. The summed E-state index contributed by atoms with van der Waals surface area (Å²) in [6.45, 7) is 8.81. The van der Waals surface area contributed by atoms with Crippen LogP contribution in [0.5, 0.6) is 5.75 Å². The first kappa shape index (κ1) is 29.7. The molecule has 1 aromatic carbocycles. The van der Waals surface area contributed by atoms with Crippen LogP contribution in [-0.4, -0.2) is 77.4 Å². The van der Waals surface area contributed by atoms with E-state index in [0.29, 0.717) is 5.56 Å². The van der Waals surface area contributed by atoms with Crippen molar-refractivity contribution < 1.29 is 38.9 Å². The minimum atomic E-state index is -1.42. The van der Waals surface area contributed by atoms with Crippen LogP contribution in [-0.2, 0) is 23.9 Å². The number of aromatic hydroxyl groups is 1. The number of phenols is 1. The van der Waals surface area contributed by atoms with Crippen molar-refractivity contribution in [3.05, 3.63) is 29.3 Å². The first-order valence-electron chi connectivity index (χ1n) is 11.3. The molecule has 0 fully saturated rings. The van der Waals surface area contributed by atoms with E-state index in [2.05, 4.69) is 15.4 Å². The normalized spacial score (nSPS) is 12.9. The van der Waals surface area contributed by atoms with Crippen LogP contribution in [0.3, 0.4) is 0 Å². The van der Waals surface area contributed by atoms with Crippen LogP contribution in [0.25, 0.3) is 0 Å². The number of carbonyl (C=O) groups excluding carboxylic acids is 4. The number of esters is 1. The molecule has 1 aromatic rings. The predicted molar refractivity (Wildman–Crippen MR) is 127 cm³/mol. The topological polar surface area (TPSA) is 154 Å². The molecular formula is C24H37N3O8. The number of alkyl carbamates (subject to hydrolysis) is 1. The number of nitrogens with zero attached hydrogens (tertiary/aromatic N) is 1. The van der Waals surface area contributed by atoms with E-state index >= 15 is 0 Å². The minimum absolute atomic E-state index is 0.0916. The van der Waals surface area contributed by atoms with Crippen molar-refractivity contribution in [3.63, 3.8) is 0 Å². The lowest BCUT2D eigenvalue weighted by molar-refractivity contribution is -0.145. The summed E-state index contributed by atoms with van der Waals surface area (Å²) < 4.78 is 9.82. The number of aliphatic hydroxyl groups excluding tert-OH is 1. The van der Waals surface area contributed by atoms with Gasteiger partial charge in [-0.05, 0) is 39.2 Å². The number of nitrogens with one attached hydrogen (secondary N) is 2. The largest absolute Gasteiger partial charge is 0.507 e. The molecule has 2 atom stereocenters. The molecule has 0 aliphatic carbocycles. The van der Waals surface area contributed by atoms with Gasteiger partial charge >= 0.3 is 12.1 Å². The SMILES string of the molecule is COC(=O)CNC(=O)C(c1cccc(C)c1O)N(CCO)C(=O)C(NC(=O)OC(C)(C)C)C(C)C. The van der Waals surface area contributed by atoms with E-state index < -0.39 is 60.6 Å². The number of carbonyl (C=O) groups is 4. The lowest BCUT2D eigenvalue weighted by Gasteiger charge is -2.35. The molecule has 3 amide bonds. The van der Waals surface area contributed by atoms with Gasteiger partial charge in [0.1, 0.15) is 30.0 Å². The number of para-hydroxylation sites is 1. The molecule has 0 aliphatic rings. The Labute approximate surface area is 205 Å². The van der Waals surface area contributed by atoms with Crippen LogP contribution in [0, 0.1) is 12.8 Å². The average molecular weight is 496 g/mol. The zero-order valence-electron chi connectivity index (χ0n) is 21.4. The van der Waals surface area contributed by atoms with Gasteiger partial charge in [-0.15, -0.1) is 0 Å². The van der Waals surface area contributed by atoms with Crippen LogP contribution in [0.2, 0.25) is 0 Å². The molecule has 0 aromatic heterocycles. The number of hydrogen-bond donors (Lipinski definition) is 4. The Morgan fingerprint density at radius 2 is 1.77 bits per heavy atom. The van der Waals surface area contributed by atoms with Crippen molar-refractivity contribution in [1.82, 2.24) is 15.5 Å². The van der Waals surface area contributed by atoms with Crippen LogP contribution in [0.1, 0.15) is 51.8 Å². The Bertz CT molecular complexity index is 911. The molecule has 0 bridgehead atoms. The number of phenolic OH excluding ortho intramolecular Hbond substituents is 1. The molecule has 2 unspecified atom stereocenters. The van der Waals surface area contributed by atoms with Gasteiger partial charge in [0.15, 0.2) is 0 Å². The van der Waals surface area contributed by atoms with Crippen LogP contribution < -0.4 is 10.6 Å². The Morgan fingerprint density at radius 3 is 2.29 bits per heavy atom. The molecule has 0 spiro atoms. The van der Waals surface area contributed by atoms with Gasteiger partial charge in [-0.25, -0.2) is 4.79 Å². The van der Waals surface area contributed by atoms with E-state index in [4.69, 9.17) is 4.74 Å². The molecule has 196 valence electrons. The summed E-state index contributed by atoms with van der Waals surface area (Å²) in [5.41, 5.74) is -0.255. The maximum absolute atomic E-state index is 13.7. The summed E-state index contributed by atoms with van der Waals surface area (Å²) in [7, 11) is 1.16. The Morgan fingerprint density at radius 1 is 1.14 bits per heavy atom. The second-order valence-electron chi connectivity index (χ2n) is 9.33. The highest BCUT2D eigenvalue weighted by Gasteiger charge is 2.38. The van der Waals surface area contributed by atoms with Crippen molar-refractivity contribution in [2.24, 2.45) is 5.92 Å². The van der Waals surface area contributed by atoms with E-state index in [1.54, 1.807) is 53.7 Å². The van der Waals surface area contributed by atoms with Crippen molar-refractivity contribution in [2.45, 2.75) is 59.2 Å². The maximum Gasteiger partial charge on any atom is 0.408 e. The van der Waals surface area contributed by atoms with E-state index in [9.17, 15) is 29.4 Å². The lowest BCUT2D eigenvalue weighted by atomic mass is 9.97. The minimum Gasteiger partial charge on any atom is -0.507 e. The highest BCUT2D eigenvalue weighted by atomic mass is 16.6. The number of ether oxygens (including phenoxy) is 2. The van der Waals surface area contributed by atoms with Gasteiger partial charge in [0.25, 0.3) is 0 Å². The predicted octanol–water partition coefficient (Wildman–Crippen LogP) is 1.40. The third kappa shape index (κ3) is 8.75. The molecule has 0 saturated heterocycles. The van der Waals surface area contributed by atoms with E-state index in [-0.39, 0.29) is 17.9 Å². The molecule has 35 heavy (non-hydrogen) atoms. The maximum atomic E-state index is 13.7. The highest BCUT2D eigenvalue weighted by Crippen LogP contribution is 2.32. The standard InChI is InChI=1S/C24H37N3O8/c1-14(2)18(26-23(33)35-24(4,5)6)22(32)27(11-12-28)19(21(31)25-13-17(29)34-7)16-10-8-9-15(3)20(16)30/h8-10,14,18-19,28,30H,11-13H2,1-7H3,(H,25,31)(H,26,33). The highest BCUT2D eigenvalue weighted by molar-refractivity contribution is 5.93. The van der Waals surface area contributed by atoms with Gasteiger partial charge in [0.05, 0.1) is 13.7 Å². The third-order valence-electron chi connectivity index (χ3n) is 4.99. The van der Waals surface area contributed by atoms with Gasteiger partial charge in [-0.2, -0.15) is 0 Å². The molecule has 0 radical (unpaired) electrons. The number of aliphatic hydroxyl groups is 1. The first-order valence-corrected chi connectivity index (χ1v) is 11.3. The molecule has 0 aliphatic heterocycles. The second kappa shape index (κ2) is 12.9. The van der Waals surface area contributed by atoms with Crippen molar-refractivity contribution >= 4 is 23.9 Å². The molecule has 0 heterocycles. The molecule has 0 saturated carbocycles. The molecule has 1 rings (SSSR count). The van der Waals surface area contributed by atoms with Gasteiger partial charge in [0, 0.05) is 12.1 Å². The van der Waals surface area contributed by atoms with E-state index in [1.807, 2.05) is 0 Å². The van der Waals surface area contributed by atoms with Crippen molar-refractivity contribution in [3.8, 4) is 5.75 Å². The summed E-state index contributed by atoms with van der Waals surface area (Å²) in [5, 5.41) is 25.4. The molecule has 11 nitrogen and oxygen atoms in total. The number of aryl methyl sites for hydroxylation is 1. The summed E-state index contributed by atoms with van der Waals surface area (Å²) in [6.07, 6.45) is -0.821. The van der Waals surface area contributed by atoms with Gasteiger partial charge in [-0.3, -0.25) is 14.4 Å². The fourth-order valence-corrected chi connectivity index (χ4v) is 3.28. The monoisotopic (exact) mass is 495 g/mol. The van der Waals surface area contributed by atoms with Gasteiger partial charge in [0.2, 0.25) is 11.8 Å².